The van der Waals surface area contributed by atoms with E-state index in [4.69, 9.17) is 4.74 Å². The maximum absolute atomic E-state index is 13.6. The largest absolute Gasteiger partial charge is 0.494 e. The Morgan fingerprint density at radius 1 is 1.47 bits per heavy atom. The number of hydrogen-bond acceptors (Lipinski definition) is 3. The Bertz CT molecular complexity index is 473. The van der Waals surface area contributed by atoms with Gasteiger partial charge in [0.05, 0.1) is 12.5 Å². The van der Waals surface area contributed by atoms with Gasteiger partial charge in [0.1, 0.15) is 0 Å². The van der Waals surface area contributed by atoms with Crippen molar-refractivity contribution in [3.05, 3.63) is 24.0 Å². The number of hydrogen-bond donors (Lipinski definition) is 2. The highest BCUT2D eigenvalue weighted by molar-refractivity contribution is 5.96. The van der Waals surface area contributed by atoms with Gasteiger partial charge in [-0.1, -0.05) is 6.42 Å². The molecule has 0 aliphatic heterocycles. The van der Waals surface area contributed by atoms with Gasteiger partial charge in [0.25, 0.3) is 0 Å². The van der Waals surface area contributed by atoms with E-state index in [9.17, 15) is 9.18 Å². The summed E-state index contributed by atoms with van der Waals surface area (Å²) >= 11 is 0. The molecule has 2 rings (SSSR count). The molecule has 0 radical (unpaired) electrons. The molecule has 104 valence electrons. The lowest BCUT2D eigenvalue weighted by Gasteiger charge is -2.40. The predicted octanol–water partition coefficient (Wildman–Crippen LogP) is 2.16. The second-order valence-corrected chi connectivity index (χ2v) is 4.97. The molecule has 1 saturated carbocycles. The van der Waals surface area contributed by atoms with Crippen LogP contribution in [-0.2, 0) is 4.79 Å². The molecule has 1 aromatic carbocycles. The summed E-state index contributed by atoms with van der Waals surface area (Å²) in [6, 6.07) is 4.44. The molecule has 0 spiro atoms. The van der Waals surface area contributed by atoms with Gasteiger partial charge in [0.15, 0.2) is 11.6 Å². The van der Waals surface area contributed by atoms with E-state index in [1.165, 1.54) is 19.2 Å². The van der Waals surface area contributed by atoms with Crippen molar-refractivity contribution < 1.29 is 13.9 Å². The van der Waals surface area contributed by atoms with Gasteiger partial charge >= 0.3 is 0 Å². The third kappa shape index (κ3) is 2.71. The van der Waals surface area contributed by atoms with Gasteiger partial charge in [-0.25, -0.2) is 4.39 Å². The van der Waals surface area contributed by atoms with Crippen LogP contribution in [0.3, 0.4) is 0 Å². The molecule has 1 aliphatic rings. The molecule has 2 N–H and O–H groups in total. The van der Waals surface area contributed by atoms with E-state index >= 15 is 0 Å². The van der Waals surface area contributed by atoms with E-state index in [1.54, 1.807) is 6.07 Å². The monoisotopic (exact) mass is 266 g/mol. The van der Waals surface area contributed by atoms with Crippen LogP contribution in [0.25, 0.3) is 0 Å². The van der Waals surface area contributed by atoms with E-state index in [2.05, 4.69) is 10.6 Å². The summed E-state index contributed by atoms with van der Waals surface area (Å²) in [6.45, 7) is 0.650. The fourth-order valence-electron chi connectivity index (χ4n) is 2.43. The van der Waals surface area contributed by atoms with Gasteiger partial charge in [-0.3, -0.25) is 4.79 Å². The molecule has 1 amide bonds. The molecule has 5 heteroatoms. The number of anilines is 1. The van der Waals surface area contributed by atoms with Crippen molar-refractivity contribution in [3.63, 3.8) is 0 Å². The number of nitrogens with one attached hydrogen (secondary N) is 2. The van der Waals surface area contributed by atoms with E-state index in [1.807, 2.05) is 7.05 Å². The fraction of sp³-hybridized carbons (Fsp3) is 0.500. The highest BCUT2D eigenvalue weighted by Crippen LogP contribution is 2.41. The minimum atomic E-state index is -0.475. The molecule has 19 heavy (non-hydrogen) atoms. The molecule has 0 unspecified atom stereocenters. The lowest BCUT2D eigenvalue weighted by atomic mass is 9.68. The molecule has 4 nitrogen and oxygen atoms in total. The van der Waals surface area contributed by atoms with Gasteiger partial charge in [-0.15, -0.1) is 0 Å². The van der Waals surface area contributed by atoms with Crippen LogP contribution in [-0.4, -0.2) is 26.6 Å². The first kappa shape index (κ1) is 13.8. The van der Waals surface area contributed by atoms with Crippen molar-refractivity contribution in [2.45, 2.75) is 19.3 Å². The third-order valence-corrected chi connectivity index (χ3v) is 3.72. The molecule has 1 fully saturated rings. The van der Waals surface area contributed by atoms with E-state index in [0.29, 0.717) is 12.2 Å². The van der Waals surface area contributed by atoms with Gasteiger partial charge in [0.2, 0.25) is 5.91 Å². The van der Waals surface area contributed by atoms with Gasteiger partial charge in [-0.2, -0.15) is 0 Å². The Morgan fingerprint density at radius 3 is 2.68 bits per heavy atom. The summed E-state index contributed by atoms with van der Waals surface area (Å²) in [7, 11) is 3.24. The Balaban J connectivity index is 2.08. The Kier molecular flexibility index (Phi) is 4.04. The van der Waals surface area contributed by atoms with Crippen LogP contribution in [0.1, 0.15) is 19.3 Å². The second kappa shape index (κ2) is 5.57. The number of ether oxygens (including phenoxy) is 1. The fourth-order valence-corrected chi connectivity index (χ4v) is 2.43. The van der Waals surface area contributed by atoms with Crippen molar-refractivity contribution in [1.82, 2.24) is 5.32 Å². The Morgan fingerprint density at radius 2 is 2.21 bits per heavy atom. The topological polar surface area (TPSA) is 50.4 Å². The van der Waals surface area contributed by atoms with Crippen LogP contribution in [0.5, 0.6) is 5.75 Å². The smallest absolute Gasteiger partial charge is 0.231 e. The maximum atomic E-state index is 13.6. The van der Waals surface area contributed by atoms with Crippen LogP contribution in [0.15, 0.2) is 18.2 Å². The highest BCUT2D eigenvalue weighted by Gasteiger charge is 2.43. The van der Waals surface area contributed by atoms with Crippen molar-refractivity contribution in [2.24, 2.45) is 5.41 Å². The van der Waals surface area contributed by atoms with Crippen LogP contribution in [0, 0.1) is 11.2 Å². The Hall–Kier alpha value is -1.62. The molecule has 0 saturated heterocycles. The quantitative estimate of drug-likeness (QED) is 0.858. The zero-order valence-corrected chi connectivity index (χ0v) is 11.3. The van der Waals surface area contributed by atoms with E-state index in [-0.39, 0.29) is 17.1 Å². The van der Waals surface area contributed by atoms with Crippen LogP contribution >= 0.6 is 0 Å². The molecular formula is C14H19FN2O2. The average Bonchev–Trinajstić information content (AvgIpc) is 2.34. The molecule has 0 atom stereocenters. The van der Waals surface area contributed by atoms with Crippen molar-refractivity contribution >= 4 is 11.6 Å². The zero-order valence-electron chi connectivity index (χ0n) is 11.3. The summed E-state index contributed by atoms with van der Waals surface area (Å²) in [5.41, 5.74) is 0.121. The van der Waals surface area contributed by atoms with Gasteiger partial charge in [-0.05, 0) is 32.0 Å². The normalized spacial score (nSPS) is 16.6. The van der Waals surface area contributed by atoms with Gasteiger partial charge < -0.3 is 15.4 Å². The highest BCUT2D eigenvalue weighted by atomic mass is 19.1. The summed E-state index contributed by atoms with van der Waals surface area (Å²) in [4.78, 5) is 12.3. The number of carbonyl (C=O) groups is 1. The number of benzene rings is 1. The number of rotatable bonds is 5. The minimum Gasteiger partial charge on any atom is -0.494 e. The van der Waals surface area contributed by atoms with Gasteiger partial charge in [0, 0.05) is 18.3 Å². The first-order valence-corrected chi connectivity index (χ1v) is 6.41. The summed E-state index contributed by atoms with van der Waals surface area (Å²) in [5.74, 6) is -0.346. The molecule has 0 aromatic heterocycles. The summed E-state index contributed by atoms with van der Waals surface area (Å²) in [5, 5.41) is 5.84. The van der Waals surface area contributed by atoms with Crippen molar-refractivity contribution in [1.29, 1.82) is 0 Å². The molecule has 0 heterocycles. The number of methoxy groups -OCH3 is 1. The van der Waals surface area contributed by atoms with E-state index in [0.717, 1.165) is 19.3 Å². The van der Waals surface area contributed by atoms with Crippen LogP contribution < -0.4 is 15.4 Å². The predicted molar refractivity (Wildman–Crippen MR) is 71.8 cm³/mol. The lowest BCUT2D eigenvalue weighted by molar-refractivity contribution is -0.129. The molecule has 1 aromatic rings. The standard InChI is InChI=1S/C14H19FN2O2/c1-16-9-14(6-3-7-14)13(18)17-10-4-5-12(19-2)11(15)8-10/h4-5,8,16H,3,6-7,9H2,1-2H3,(H,17,18). The van der Waals surface area contributed by atoms with E-state index < -0.39 is 5.82 Å². The second-order valence-electron chi connectivity index (χ2n) is 4.97. The first-order chi connectivity index (χ1) is 9.11. The zero-order chi connectivity index (χ0) is 13.9. The molecule has 1 aliphatic carbocycles. The summed E-state index contributed by atoms with van der Waals surface area (Å²) < 4.78 is 18.4. The average molecular weight is 266 g/mol. The maximum Gasteiger partial charge on any atom is 0.231 e. The van der Waals surface area contributed by atoms with Crippen molar-refractivity contribution in [2.75, 3.05) is 26.0 Å². The third-order valence-electron chi connectivity index (χ3n) is 3.72. The van der Waals surface area contributed by atoms with Crippen LogP contribution in [0.2, 0.25) is 0 Å². The number of amides is 1. The SMILES string of the molecule is CNCC1(C(=O)Nc2ccc(OC)c(F)c2)CCC1. The first-order valence-electron chi connectivity index (χ1n) is 6.41. The van der Waals surface area contributed by atoms with Crippen molar-refractivity contribution in [3.8, 4) is 5.75 Å². The lowest BCUT2D eigenvalue weighted by Crippen LogP contribution is -2.48. The number of halogens is 1. The number of carbonyl (C=O) groups excluding carboxylic acids is 1. The summed E-state index contributed by atoms with van der Waals surface area (Å²) in [6.07, 6.45) is 2.81. The van der Waals surface area contributed by atoms with Crippen LogP contribution in [0.4, 0.5) is 10.1 Å². The minimum absolute atomic E-state index is 0.0438. The Labute approximate surface area is 112 Å². The molecular weight excluding hydrogens is 247 g/mol. The molecule has 0 bridgehead atoms.